The number of para-hydroxylation sites is 3. The molecule has 114 valence electrons. The van der Waals surface area contributed by atoms with Gasteiger partial charge < -0.3 is 15.0 Å². The molecule has 2 N–H and O–H groups in total. The number of nitrogens with two attached hydrogens (primary N) is 1. The van der Waals surface area contributed by atoms with Crippen LogP contribution in [0.15, 0.2) is 54.6 Å². The largest absolute Gasteiger partial charge is 0.494 e. The third-order valence-electron chi connectivity index (χ3n) is 3.64. The van der Waals surface area contributed by atoms with Crippen molar-refractivity contribution in [3.63, 3.8) is 0 Å². The number of hydrogen-bond acceptors (Lipinski definition) is 3. The standard InChI is InChI=1S/C18H21N3O/c19-12-11-18-20-16-9-4-5-10-17(16)21(18)13-6-14-22-15-7-2-1-3-8-15/h1-5,7-10H,6,11-14,19H2. The van der Waals surface area contributed by atoms with E-state index in [0.717, 1.165) is 36.5 Å². The summed E-state index contributed by atoms with van der Waals surface area (Å²) >= 11 is 0. The van der Waals surface area contributed by atoms with Crippen molar-refractivity contribution in [2.45, 2.75) is 19.4 Å². The van der Waals surface area contributed by atoms with Gasteiger partial charge in [0, 0.05) is 13.0 Å². The summed E-state index contributed by atoms with van der Waals surface area (Å²) in [6.07, 6.45) is 1.74. The van der Waals surface area contributed by atoms with E-state index in [2.05, 4.69) is 15.6 Å². The molecule has 1 heterocycles. The van der Waals surface area contributed by atoms with Crippen molar-refractivity contribution in [1.29, 1.82) is 0 Å². The lowest BCUT2D eigenvalue weighted by Gasteiger charge is -2.10. The number of ether oxygens (including phenoxy) is 1. The second-order valence-corrected chi connectivity index (χ2v) is 5.22. The van der Waals surface area contributed by atoms with Crippen molar-refractivity contribution < 1.29 is 4.74 Å². The molecule has 0 spiro atoms. The number of aryl methyl sites for hydroxylation is 1. The Hall–Kier alpha value is -2.33. The van der Waals surface area contributed by atoms with Crippen molar-refractivity contribution >= 4 is 11.0 Å². The molecular formula is C18H21N3O. The molecule has 4 heteroatoms. The van der Waals surface area contributed by atoms with E-state index in [-0.39, 0.29) is 0 Å². The predicted octanol–water partition coefficient (Wildman–Crippen LogP) is 3.01. The summed E-state index contributed by atoms with van der Waals surface area (Å²) in [6.45, 7) is 2.20. The summed E-state index contributed by atoms with van der Waals surface area (Å²) in [7, 11) is 0. The molecule has 0 amide bonds. The summed E-state index contributed by atoms with van der Waals surface area (Å²) in [4.78, 5) is 4.68. The lowest BCUT2D eigenvalue weighted by atomic mass is 10.3. The van der Waals surface area contributed by atoms with Crippen molar-refractivity contribution in [3.8, 4) is 5.75 Å². The molecule has 0 saturated carbocycles. The van der Waals surface area contributed by atoms with Gasteiger partial charge >= 0.3 is 0 Å². The van der Waals surface area contributed by atoms with Crippen LogP contribution in [0.3, 0.4) is 0 Å². The van der Waals surface area contributed by atoms with Crippen LogP contribution in [0.4, 0.5) is 0 Å². The van der Waals surface area contributed by atoms with Gasteiger partial charge in [-0.3, -0.25) is 0 Å². The molecular weight excluding hydrogens is 274 g/mol. The molecule has 3 rings (SSSR count). The van der Waals surface area contributed by atoms with Gasteiger partial charge in [-0.05, 0) is 37.2 Å². The smallest absolute Gasteiger partial charge is 0.119 e. The first kappa shape index (κ1) is 14.6. The van der Waals surface area contributed by atoms with Crippen LogP contribution in [0.25, 0.3) is 11.0 Å². The van der Waals surface area contributed by atoms with Crippen molar-refractivity contribution in [2.24, 2.45) is 5.73 Å². The topological polar surface area (TPSA) is 53.1 Å². The lowest BCUT2D eigenvalue weighted by Crippen LogP contribution is -2.12. The Balaban J connectivity index is 1.66. The van der Waals surface area contributed by atoms with Gasteiger partial charge in [0.2, 0.25) is 0 Å². The third-order valence-corrected chi connectivity index (χ3v) is 3.64. The molecule has 0 atom stereocenters. The van der Waals surface area contributed by atoms with Crippen LogP contribution >= 0.6 is 0 Å². The highest BCUT2D eigenvalue weighted by atomic mass is 16.5. The van der Waals surface area contributed by atoms with E-state index in [1.807, 2.05) is 48.5 Å². The van der Waals surface area contributed by atoms with Crippen LogP contribution in [0.5, 0.6) is 5.75 Å². The maximum Gasteiger partial charge on any atom is 0.119 e. The van der Waals surface area contributed by atoms with Gasteiger partial charge in [0.25, 0.3) is 0 Å². The van der Waals surface area contributed by atoms with Gasteiger partial charge in [0.05, 0.1) is 17.6 Å². The third kappa shape index (κ3) is 3.28. The quantitative estimate of drug-likeness (QED) is 0.682. The normalized spacial score (nSPS) is 11.0. The summed E-state index contributed by atoms with van der Waals surface area (Å²) in [5.74, 6) is 1.98. The zero-order chi connectivity index (χ0) is 15.2. The number of benzene rings is 2. The van der Waals surface area contributed by atoms with Crippen LogP contribution in [-0.4, -0.2) is 22.7 Å². The van der Waals surface area contributed by atoms with Crippen LogP contribution < -0.4 is 10.5 Å². The molecule has 0 saturated heterocycles. The minimum atomic E-state index is 0.615. The maximum atomic E-state index is 5.76. The Labute approximate surface area is 130 Å². The minimum Gasteiger partial charge on any atom is -0.494 e. The number of rotatable bonds is 7. The van der Waals surface area contributed by atoms with E-state index < -0.39 is 0 Å². The fourth-order valence-corrected chi connectivity index (χ4v) is 2.62. The van der Waals surface area contributed by atoms with Crippen LogP contribution in [0.1, 0.15) is 12.2 Å². The van der Waals surface area contributed by atoms with Gasteiger partial charge in [0.1, 0.15) is 11.6 Å². The molecule has 22 heavy (non-hydrogen) atoms. The van der Waals surface area contributed by atoms with Gasteiger partial charge in [-0.1, -0.05) is 30.3 Å². The molecule has 0 fully saturated rings. The van der Waals surface area contributed by atoms with E-state index in [1.165, 1.54) is 5.52 Å². The highest BCUT2D eigenvalue weighted by Crippen LogP contribution is 2.17. The summed E-state index contributed by atoms with van der Waals surface area (Å²) in [5, 5.41) is 0. The number of hydrogen-bond donors (Lipinski definition) is 1. The van der Waals surface area contributed by atoms with Crippen LogP contribution in [-0.2, 0) is 13.0 Å². The first-order valence-corrected chi connectivity index (χ1v) is 7.70. The molecule has 1 aromatic heterocycles. The number of aromatic nitrogens is 2. The molecule has 0 aliphatic heterocycles. The van der Waals surface area contributed by atoms with Crippen LogP contribution in [0.2, 0.25) is 0 Å². The predicted molar refractivity (Wildman–Crippen MR) is 89.0 cm³/mol. The molecule has 0 aliphatic rings. The number of imidazole rings is 1. The maximum absolute atomic E-state index is 5.76. The summed E-state index contributed by atoms with van der Waals surface area (Å²) in [6, 6.07) is 18.1. The van der Waals surface area contributed by atoms with Crippen LogP contribution in [0, 0.1) is 0 Å². The van der Waals surface area contributed by atoms with E-state index in [1.54, 1.807) is 0 Å². The Morgan fingerprint density at radius 2 is 1.77 bits per heavy atom. The van der Waals surface area contributed by atoms with Crippen molar-refractivity contribution in [1.82, 2.24) is 9.55 Å². The van der Waals surface area contributed by atoms with E-state index >= 15 is 0 Å². The second kappa shape index (κ2) is 7.09. The fraction of sp³-hybridized carbons (Fsp3) is 0.278. The van der Waals surface area contributed by atoms with Gasteiger partial charge in [-0.15, -0.1) is 0 Å². The van der Waals surface area contributed by atoms with Gasteiger partial charge in [-0.25, -0.2) is 4.98 Å². The highest BCUT2D eigenvalue weighted by molar-refractivity contribution is 5.75. The number of fused-ring (bicyclic) bond motifs is 1. The minimum absolute atomic E-state index is 0.615. The second-order valence-electron chi connectivity index (χ2n) is 5.22. The summed E-state index contributed by atoms with van der Waals surface area (Å²) in [5.41, 5.74) is 7.91. The molecule has 2 aromatic carbocycles. The van der Waals surface area contributed by atoms with E-state index in [0.29, 0.717) is 13.2 Å². The van der Waals surface area contributed by atoms with Crippen molar-refractivity contribution in [3.05, 3.63) is 60.4 Å². The molecule has 0 unspecified atom stereocenters. The van der Waals surface area contributed by atoms with E-state index in [4.69, 9.17) is 10.5 Å². The molecule has 0 aliphatic carbocycles. The summed E-state index contributed by atoms with van der Waals surface area (Å²) < 4.78 is 8.02. The number of nitrogens with zero attached hydrogens (tertiary/aromatic N) is 2. The Morgan fingerprint density at radius 1 is 1.00 bits per heavy atom. The average molecular weight is 295 g/mol. The molecule has 4 nitrogen and oxygen atoms in total. The monoisotopic (exact) mass is 295 g/mol. The lowest BCUT2D eigenvalue weighted by molar-refractivity contribution is 0.302. The molecule has 0 bridgehead atoms. The molecule has 0 radical (unpaired) electrons. The Kier molecular flexibility index (Phi) is 4.71. The Bertz CT molecular complexity index is 722. The average Bonchev–Trinajstić information content (AvgIpc) is 2.90. The molecule has 3 aromatic rings. The first-order chi connectivity index (χ1) is 10.9. The van der Waals surface area contributed by atoms with Gasteiger partial charge in [-0.2, -0.15) is 0 Å². The highest BCUT2D eigenvalue weighted by Gasteiger charge is 2.09. The zero-order valence-corrected chi connectivity index (χ0v) is 12.6. The van der Waals surface area contributed by atoms with Crippen molar-refractivity contribution in [2.75, 3.05) is 13.2 Å². The van der Waals surface area contributed by atoms with E-state index in [9.17, 15) is 0 Å². The SMILES string of the molecule is NCCc1nc2ccccc2n1CCCOc1ccccc1. The zero-order valence-electron chi connectivity index (χ0n) is 12.6. The first-order valence-electron chi connectivity index (χ1n) is 7.70. The Morgan fingerprint density at radius 3 is 2.59 bits per heavy atom. The van der Waals surface area contributed by atoms with Gasteiger partial charge in [0.15, 0.2) is 0 Å². The fourth-order valence-electron chi connectivity index (χ4n) is 2.62.